The predicted octanol–water partition coefficient (Wildman–Crippen LogP) is 0.142. The monoisotopic (exact) mass is 384 g/mol. The average Bonchev–Trinajstić information content (AvgIpc) is 2.59. The van der Waals surface area contributed by atoms with E-state index in [1.54, 1.807) is 6.92 Å². The third-order valence-electron chi connectivity index (χ3n) is 3.53. The maximum absolute atomic E-state index is 12.2. The van der Waals surface area contributed by atoms with Crippen LogP contribution in [0, 0.1) is 5.92 Å². The van der Waals surface area contributed by atoms with Gasteiger partial charge in [-0.3, -0.25) is 19.4 Å². The Hall–Kier alpha value is -2.42. The molecule has 0 bridgehead atoms. The Morgan fingerprint density at radius 2 is 1.67 bits per heavy atom. The van der Waals surface area contributed by atoms with Crippen LogP contribution in [0.1, 0.15) is 53.4 Å². The van der Waals surface area contributed by atoms with Crippen LogP contribution in [0.5, 0.6) is 0 Å². The summed E-state index contributed by atoms with van der Waals surface area (Å²) in [6.07, 6.45) is 4.88. The highest BCUT2D eigenvalue weighted by Gasteiger charge is 2.25. The minimum atomic E-state index is -0.718. The van der Waals surface area contributed by atoms with E-state index >= 15 is 0 Å². The second-order valence-corrected chi connectivity index (χ2v) is 6.48. The smallest absolute Gasteiger partial charge is 0.243 e. The second-order valence-electron chi connectivity index (χ2n) is 6.48. The SMILES string of the molecule is C=N/C=C\N.CCCC(NC(=O)C(CC)NC(=O)C(N)CC(C)C)C(N)=O. The molecule has 3 amide bonds. The van der Waals surface area contributed by atoms with Gasteiger partial charge in [-0.1, -0.05) is 34.1 Å². The van der Waals surface area contributed by atoms with E-state index in [2.05, 4.69) is 22.3 Å². The second kappa shape index (κ2) is 15.8. The van der Waals surface area contributed by atoms with Gasteiger partial charge in [-0.25, -0.2) is 0 Å². The van der Waals surface area contributed by atoms with E-state index in [1.165, 1.54) is 12.4 Å². The van der Waals surface area contributed by atoms with Crippen LogP contribution in [0.4, 0.5) is 0 Å². The Balaban J connectivity index is 0. The third-order valence-corrected chi connectivity index (χ3v) is 3.53. The van der Waals surface area contributed by atoms with Crippen molar-refractivity contribution in [3.05, 3.63) is 12.4 Å². The first kappa shape index (κ1) is 26.8. The summed E-state index contributed by atoms with van der Waals surface area (Å²) >= 11 is 0. The fourth-order valence-electron chi connectivity index (χ4n) is 2.15. The molecule has 0 fully saturated rings. The third kappa shape index (κ3) is 13.4. The maximum Gasteiger partial charge on any atom is 0.243 e. The van der Waals surface area contributed by atoms with Crippen molar-refractivity contribution in [2.45, 2.75) is 71.5 Å². The van der Waals surface area contributed by atoms with Gasteiger partial charge in [0, 0.05) is 12.4 Å². The summed E-state index contributed by atoms with van der Waals surface area (Å²) in [5.74, 6) is -1.06. The van der Waals surface area contributed by atoms with Crippen molar-refractivity contribution >= 4 is 24.4 Å². The number of amides is 3. The Morgan fingerprint density at radius 3 is 2.00 bits per heavy atom. The van der Waals surface area contributed by atoms with Gasteiger partial charge >= 0.3 is 0 Å². The molecule has 8 N–H and O–H groups in total. The summed E-state index contributed by atoms with van der Waals surface area (Å²) in [7, 11) is 0. The van der Waals surface area contributed by atoms with Gasteiger partial charge in [-0.05, 0) is 31.9 Å². The van der Waals surface area contributed by atoms with E-state index in [0.717, 1.165) is 6.42 Å². The lowest BCUT2D eigenvalue weighted by molar-refractivity contribution is -0.132. The molecule has 0 aromatic carbocycles. The molecule has 3 unspecified atom stereocenters. The van der Waals surface area contributed by atoms with Crippen molar-refractivity contribution in [1.82, 2.24) is 10.6 Å². The van der Waals surface area contributed by atoms with E-state index in [-0.39, 0.29) is 5.91 Å². The van der Waals surface area contributed by atoms with Crippen molar-refractivity contribution in [2.24, 2.45) is 28.1 Å². The minimum absolute atomic E-state index is 0.290. The first-order valence-electron chi connectivity index (χ1n) is 9.12. The molecule has 9 nitrogen and oxygen atoms in total. The molecule has 3 atom stereocenters. The van der Waals surface area contributed by atoms with Crippen molar-refractivity contribution in [3.8, 4) is 0 Å². The Morgan fingerprint density at radius 1 is 1.11 bits per heavy atom. The summed E-state index contributed by atoms with van der Waals surface area (Å²) in [6.45, 7) is 10.7. The molecule has 0 saturated carbocycles. The predicted molar refractivity (Wildman–Crippen MR) is 109 cm³/mol. The molecule has 0 aromatic heterocycles. The summed E-state index contributed by atoms with van der Waals surface area (Å²) in [5.41, 5.74) is 15.9. The highest BCUT2D eigenvalue weighted by Crippen LogP contribution is 2.04. The van der Waals surface area contributed by atoms with Gasteiger partial charge in [0.1, 0.15) is 12.1 Å². The van der Waals surface area contributed by atoms with Crippen LogP contribution in [0.3, 0.4) is 0 Å². The fourth-order valence-corrected chi connectivity index (χ4v) is 2.15. The first-order valence-corrected chi connectivity index (χ1v) is 9.12. The molecule has 0 rings (SSSR count). The Labute approximate surface area is 162 Å². The number of rotatable bonds is 11. The number of nitrogens with two attached hydrogens (primary N) is 3. The van der Waals surface area contributed by atoms with Crippen LogP contribution >= 0.6 is 0 Å². The number of nitrogens with one attached hydrogen (secondary N) is 2. The maximum atomic E-state index is 12.2. The molecular weight excluding hydrogens is 348 g/mol. The van der Waals surface area contributed by atoms with Crippen molar-refractivity contribution in [3.63, 3.8) is 0 Å². The number of nitrogens with zero attached hydrogens (tertiary/aromatic N) is 1. The number of aliphatic imine (C=N–C) groups is 1. The number of hydrogen-bond acceptors (Lipinski definition) is 6. The van der Waals surface area contributed by atoms with E-state index < -0.39 is 29.9 Å². The van der Waals surface area contributed by atoms with Gasteiger partial charge in [0.2, 0.25) is 17.7 Å². The molecule has 0 aliphatic carbocycles. The lowest BCUT2D eigenvalue weighted by Crippen LogP contribution is -2.55. The molecule has 0 aliphatic rings. The largest absolute Gasteiger partial charge is 0.403 e. The Bertz CT molecular complexity index is 493. The number of carbonyl (C=O) groups is 3. The van der Waals surface area contributed by atoms with Crippen molar-refractivity contribution < 1.29 is 14.4 Å². The molecule has 0 aromatic rings. The molecular formula is C18H36N6O3. The lowest BCUT2D eigenvalue weighted by atomic mass is 10.0. The van der Waals surface area contributed by atoms with E-state index in [4.69, 9.17) is 17.2 Å². The highest BCUT2D eigenvalue weighted by molar-refractivity contribution is 5.92. The van der Waals surface area contributed by atoms with Crippen LogP contribution < -0.4 is 27.8 Å². The van der Waals surface area contributed by atoms with Crippen LogP contribution in [0.25, 0.3) is 0 Å². The molecule has 0 heterocycles. The van der Waals surface area contributed by atoms with E-state index in [0.29, 0.717) is 25.2 Å². The summed E-state index contributed by atoms with van der Waals surface area (Å²) < 4.78 is 0. The fraction of sp³-hybridized carbons (Fsp3) is 0.667. The highest BCUT2D eigenvalue weighted by atomic mass is 16.2. The van der Waals surface area contributed by atoms with Gasteiger partial charge in [-0.15, -0.1) is 0 Å². The van der Waals surface area contributed by atoms with Crippen LogP contribution in [0.15, 0.2) is 17.4 Å². The van der Waals surface area contributed by atoms with Gasteiger partial charge < -0.3 is 27.8 Å². The molecule has 0 radical (unpaired) electrons. The average molecular weight is 385 g/mol. The number of primary amides is 1. The molecule has 0 saturated heterocycles. The zero-order valence-corrected chi connectivity index (χ0v) is 16.9. The number of hydrogen-bond donors (Lipinski definition) is 5. The zero-order chi connectivity index (χ0) is 21.4. The van der Waals surface area contributed by atoms with Gasteiger partial charge in [0.05, 0.1) is 6.04 Å². The van der Waals surface area contributed by atoms with Crippen molar-refractivity contribution in [1.29, 1.82) is 0 Å². The van der Waals surface area contributed by atoms with Crippen molar-refractivity contribution in [2.75, 3.05) is 0 Å². The summed E-state index contributed by atoms with van der Waals surface area (Å²) in [5, 5.41) is 5.21. The lowest BCUT2D eigenvalue weighted by Gasteiger charge is -2.22. The molecule has 27 heavy (non-hydrogen) atoms. The molecule has 9 heteroatoms. The van der Waals surface area contributed by atoms with E-state index in [9.17, 15) is 14.4 Å². The van der Waals surface area contributed by atoms with Crippen LogP contribution in [0.2, 0.25) is 0 Å². The molecule has 0 spiro atoms. The van der Waals surface area contributed by atoms with Gasteiger partial charge in [0.25, 0.3) is 0 Å². The van der Waals surface area contributed by atoms with Gasteiger partial charge in [0.15, 0.2) is 0 Å². The minimum Gasteiger partial charge on any atom is -0.403 e. The standard InChI is InChI=1S/C15H30N4O3.C3H6N2/c1-5-7-12(13(17)20)19-15(22)11(6-2)18-14(21)10(16)8-9(3)4;1-5-3-2-4/h9-12H,5-8,16H2,1-4H3,(H2,17,20)(H,18,21)(H,19,22);2-3H,1,4H2/b;3-2-. The first-order chi connectivity index (χ1) is 12.6. The normalized spacial score (nSPS) is 13.9. The molecule has 0 aliphatic heterocycles. The van der Waals surface area contributed by atoms with E-state index in [1.807, 2.05) is 20.8 Å². The van der Waals surface area contributed by atoms with Gasteiger partial charge in [-0.2, -0.15) is 0 Å². The van der Waals surface area contributed by atoms with Crippen LogP contribution in [-0.2, 0) is 14.4 Å². The topological polar surface area (TPSA) is 166 Å². The molecule has 156 valence electrons. The van der Waals surface area contributed by atoms with Crippen LogP contribution in [-0.4, -0.2) is 42.6 Å². The quantitative estimate of drug-likeness (QED) is 0.319. The summed E-state index contributed by atoms with van der Waals surface area (Å²) in [6, 6.07) is -2.08. The zero-order valence-electron chi connectivity index (χ0n) is 16.9. The summed E-state index contributed by atoms with van der Waals surface area (Å²) in [4.78, 5) is 38.7. The Kier molecular flexibility index (Phi) is 15.7. The number of carbonyl (C=O) groups excluding carboxylic acids is 3.